The van der Waals surface area contributed by atoms with Gasteiger partial charge in [0.15, 0.2) is 11.2 Å². The number of allylic oxidation sites excluding steroid dienone is 3. The molecule has 0 fully saturated rings. The Kier molecular flexibility index (Phi) is 4.21. The van der Waals surface area contributed by atoms with Gasteiger partial charge in [-0.05, 0) is 12.0 Å². The zero-order valence-electron chi connectivity index (χ0n) is 11.3. The van der Waals surface area contributed by atoms with Crippen LogP contribution in [0.3, 0.4) is 0 Å². The van der Waals surface area contributed by atoms with Crippen LogP contribution in [-0.2, 0) is 16.0 Å². The SMILES string of the molecule is O=C[CH]C1=CC(Cc2ccccc2)(C(F)(F)F)C(=O)C=C1O. The molecule has 0 saturated carbocycles. The lowest BCUT2D eigenvalue weighted by molar-refractivity contribution is -0.203. The Labute approximate surface area is 124 Å². The summed E-state index contributed by atoms with van der Waals surface area (Å²) in [5, 5.41) is 9.55. The van der Waals surface area contributed by atoms with Gasteiger partial charge < -0.3 is 9.90 Å². The number of hydrogen-bond acceptors (Lipinski definition) is 3. The van der Waals surface area contributed by atoms with Gasteiger partial charge >= 0.3 is 6.18 Å². The highest BCUT2D eigenvalue weighted by atomic mass is 19.4. The van der Waals surface area contributed by atoms with E-state index >= 15 is 0 Å². The Morgan fingerprint density at radius 1 is 1.18 bits per heavy atom. The highest BCUT2D eigenvalue weighted by molar-refractivity contribution is 6.00. The van der Waals surface area contributed by atoms with Gasteiger partial charge in [0, 0.05) is 11.6 Å². The van der Waals surface area contributed by atoms with Crippen LogP contribution in [0.1, 0.15) is 5.56 Å². The second-order valence-corrected chi connectivity index (χ2v) is 4.93. The van der Waals surface area contributed by atoms with Gasteiger partial charge in [-0.2, -0.15) is 13.2 Å². The molecule has 115 valence electrons. The standard InChI is InChI=1S/C16H12F3O3/c17-16(18,19)15(9-11-4-2-1-3-5-11)10-12(6-7-20)13(21)8-14(15)22/h1-8,10,21H,9H2. The number of aldehydes is 1. The van der Waals surface area contributed by atoms with E-state index in [-0.39, 0.29) is 11.9 Å². The summed E-state index contributed by atoms with van der Waals surface area (Å²) in [6.45, 7) is 0. The molecule has 6 heteroatoms. The highest BCUT2D eigenvalue weighted by Crippen LogP contribution is 2.46. The molecule has 1 aliphatic rings. The van der Waals surface area contributed by atoms with Crippen molar-refractivity contribution in [3.63, 3.8) is 0 Å². The first kappa shape index (κ1) is 16.0. The van der Waals surface area contributed by atoms with E-state index in [0.29, 0.717) is 17.7 Å². The maximum atomic E-state index is 13.6. The third-order valence-corrected chi connectivity index (χ3v) is 3.48. The predicted octanol–water partition coefficient (Wildman–Crippen LogP) is 3.13. The van der Waals surface area contributed by atoms with Crippen LogP contribution in [0.5, 0.6) is 0 Å². The molecule has 2 rings (SSSR count). The van der Waals surface area contributed by atoms with Gasteiger partial charge in [0.25, 0.3) is 0 Å². The van der Waals surface area contributed by atoms with Gasteiger partial charge in [-0.15, -0.1) is 0 Å². The number of benzene rings is 1. The Bertz CT molecular complexity index is 644. The summed E-state index contributed by atoms with van der Waals surface area (Å²) in [6, 6.07) is 7.76. The molecule has 1 N–H and O–H groups in total. The maximum Gasteiger partial charge on any atom is 0.405 e. The first-order valence-electron chi connectivity index (χ1n) is 6.37. The first-order valence-corrected chi connectivity index (χ1v) is 6.37. The van der Waals surface area contributed by atoms with Crippen LogP contribution in [0.25, 0.3) is 0 Å². The number of hydrogen-bond donors (Lipinski definition) is 1. The van der Waals surface area contributed by atoms with E-state index in [9.17, 15) is 27.9 Å². The molecule has 0 aliphatic heterocycles. The van der Waals surface area contributed by atoms with Gasteiger partial charge in [-0.3, -0.25) is 4.79 Å². The number of ketones is 1. The molecule has 0 aromatic heterocycles. The van der Waals surface area contributed by atoms with Crippen LogP contribution in [0.2, 0.25) is 0 Å². The Balaban J connectivity index is 2.54. The molecular weight excluding hydrogens is 297 g/mol. The van der Waals surface area contributed by atoms with Crippen molar-refractivity contribution in [2.24, 2.45) is 5.41 Å². The highest BCUT2D eigenvalue weighted by Gasteiger charge is 2.59. The minimum atomic E-state index is -4.86. The number of carbonyl (C=O) groups is 2. The van der Waals surface area contributed by atoms with Crippen molar-refractivity contribution in [1.29, 1.82) is 0 Å². The molecule has 0 heterocycles. The molecule has 1 aromatic carbocycles. The molecule has 1 aromatic rings. The topological polar surface area (TPSA) is 54.4 Å². The third-order valence-electron chi connectivity index (χ3n) is 3.48. The summed E-state index contributed by atoms with van der Waals surface area (Å²) in [5.74, 6) is -1.91. The fourth-order valence-corrected chi connectivity index (χ4v) is 2.33. The largest absolute Gasteiger partial charge is 0.508 e. The van der Waals surface area contributed by atoms with E-state index in [1.165, 1.54) is 12.1 Å². The molecule has 1 radical (unpaired) electrons. The summed E-state index contributed by atoms with van der Waals surface area (Å²) in [7, 11) is 0. The van der Waals surface area contributed by atoms with Crippen molar-refractivity contribution >= 4 is 12.1 Å². The minimum Gasteiger partial charge on any atom is -0.508 e. The van der Waals surface area contributed by atoms with Crippen LogP contribution in [-0.4, -0.2) is 23.4 Å². The minimum absolute atomic E-state index is 0.259. The molecule has 1 unspecified atom stereocenters. The molecule has 0 saturated heterocycles. The van der Waals surface area contributed by atoms with Crippen molar-refractivity contribution in [3.8, 4) is 0 Å². The predicted molar refractivity (Wildman–Crippen MR) is 72.8 cm³/mol. The second-order valence-electron chi connectivity index (χ2n) is 4.93. The summed E-state index contributed by atoms with van der Waals surface area (Å²) in [5.41, 5.74) is -2.79. The van der Waals surface area contributed by atoms with Crippen molar-refractivity contribution in [2.75, 3.05) is 0 Å². The van der Waals surface area contributed by atoms with E-state index in [2.05, 4.69) is 0 Å². The van der Waals surface area contributed by atoms with Crippen molar-refractivity contribution in [2.45, 2.75) is 12.6 Å². The summed E-state index contributed by atoms with van der Waals surface area (Å²) < 4.78 is 40.8. The smallest absolute Gasteiger partial charge is 0.405 e. The summed E-state index contributed by atoms with van der Waals surface area (Å²) in [6.07, 6.45) is -3.27. The molecule has 0 bridgehead atoms. The molecular formula is C16H12F3O3. The number of rotatable bonds is 4. The molecule has 3 nitrogen and oxygen atoms in total. The lowest BCUT2D eigenvalue weighted by atomic mass is 9.72. The lowest BCUT2D eigenvalue weighted by Gasteiger charge is -2.33. The van der Waals surface area contributed by atoms with Crippen molar-refractivity contribution < 1.29 is 27.9 Å². The molecule has 22 heavy (non-hydrogen) atoms. The van der Waals surface area contributed by atoms with E-state index in [0.717, 1.165) is 6.42 Å². The van der Waals surface area contributed by atoms with Crippen LogP contribution < -0.4 is 0 Å². The van der Waals surface area contributed by atoms with Gasteiger partial charge in [0.2, 0.25) is 0 Å². The molecule has 0 spiro atoms. The zero-order chi connectivity index (χ0) is 16.4. The lowest BCUT2D eigenvalue weighted by Crippen LogP contribution is -2.46. The van der Waals surface area contributed by atoms with Gasteiger partial charge in [0.05, 0.1) is 6.42 Å². The monoisotopic (exact) mass is 309 g/mol. The Morgan fingerprint density at radius 3 is 2.36 bits per heavy atom. The Morgan fingerprint density at radius 2 is 1.82 bits per heavy atom. The average molecular weight is 309 g/mol. The van der Waals surface area contributed by atoms with E-state index in [1.54, 1.807) is 18.2 Å². The number of alkyl halides is 3. The van der Waals surface area contributed by atoms with Crippen molar-refractivity contribution in [1.82, 2.24) is 0 Å². The fourth-order valence-electron chi connectivity index (χ4n) is 2.33. The number of halogens is 3. The normalized spacial score (nSPS) is 22.0. The fraction of sp³-hybridized carbons (Fsp3) is 0.188. The average Bonchev–Trinajstić information content (AvgIpc) is 2.44. The van der Waals surface area contributed by atoms with Gasteiger partial charge in [0.1, 0.15) is 12.0 Å². The van der Waals surface area contributed by atoms with Gasteiger partial charge in [-0.25, -0.2) is 0 Å². The maximum absolute atomic E-state index is 13.6. The van der Waals surface area contributed by atoms with Crippen LogP contribution >= 0.6 is 0 Å². The number of aliphatic hydroxyl groups is 1. The first-order chi connectivity index (χ1) is 10.3. The van der Waals surface area contributed by atoms with Crippen LogP contribution in [0, 0.1) is 11.8 Å². The number of aliphatic hydroxyl groups excluding tert-OH is 1. The van der Waals surface area contributed by atoms with Gasteiger partial charge in [-0.1, -0.05) is 36.4 Å². The second kappa shape index (κ2) is 5.79. The molecule has 1 aliphatic carbocycles. The molecule has 0 amide bonds. The van der Waals surface area contributed by atoms with Crippen LogP contribution in [0.4, 0.5) is 13.2 Å². The molecule has 1 atom stereocenters. The summed E-state index contributed by atoms with van der Waals surface area (Å²) >= 11 is 0. The van der Waals surface area contributed by atoms with Crippen molar-refractivity contribution in [3.05, 3.63) is 65.8 Å². The third kappa shape index (κ3) is 2.81. The van der Waals surface area contributed by atoms with Crippen LogP contribution in [0.15, 0.2) is 53.8 Å². The quantitative estimate of drug-likeness (QED) is 0.869. The number of carbonyl (C=O) groups excluding carboxylic acids is 2. The van der Waals surface area contributed by atoms with E-state index < -0.39 is 29.6 Å². The van der Waals surface area contributed by atoms with E-state index in [4.69, 9.17) is 0 Å². The summed E-state index contributed by atoms with van der Waals surface area (Å²) in [4.78, 5) is 22.5. The Hall–Kier alpha value is -2.37. The zero-order valence-corrected chi connectivity index (χ0v) is 11.3. The van der Waals surface area contributed by atoms with E-state index in [1.807, 2.05) is 0 Å².